The van der Waals surface area contributed by atoms with Crippen molar-refractivity contribution in [3.05, 3.63) is 56.2 Å². The summed E-state index contributed by atoms with van der Waals surface area (Å²) < 4.78 is 0. The molecule has 96 valence electrons. The lowest BCUT2D eigenvalue weighted by molar-refractivity contribution is 0.174. The highest BCUT2D eigenvalue weighted by atomic mass is 35.5. The highest BCUT2D eigenvalue weighted by Gasteiger charge is 2.11. The quantitative estimate of drug-likeness (QED) is 0.878. The van der Waals surface area contributed by atoms with Crippen LogP contribution in [0.25, 0.3) is 0 Å². The van der Waals surface area contributed by atoms with Crippen molar-refractivity contribution in [1.29, 1.82) is 0 Å². The average molecular weight is 302 g/mol. The monoisotopic (exact) mass is 301 g/mol. The summed E-state index contributed by atoms with van der Waals surface area (Å²) >= 11 is 13.6. The van der Waals surface area contributed by atoms with Crippen LogP contribution in [-0.4, -0.2) is 11.7 Å². The van der Waals surface area contributed by atoms with Crippen molar-refractivity contribution in [3.63, 3.8) is 0 Å². The zero-order chi connectivity index (χ0) is 13.0. The van der Waals surface area contributed by atoms with E-state index >= 15 is 0 Å². The number of hydrogen-bond donors (Lipinski definition) is 2. The van der Waals surface area contributed by atoms with Gasteiger partial charge in [0.2, 0.25) is 0 Å². The molecule has 0 saturated carbocycles. The van der Waals surface area contributed by atoms with E-state index in [1.165, 1.54) is 4.88 Å². The van der Waals surface area contributed by atoms with Gasteiger partial charge < -0.3 is 10.4 Å². The minimum absolute atomic E-state index is 0.442. The molecule has 1 unspecified atom stereocenters. The van der Waals surface area contributed by atoms with Crippen LogP contribution in [-0.2, 0) is 6.54 Å². The first-order valence-electron chi connectivity index (χ1n) is 5.53. The minimum atomic E-state index is -0.656. The van der Waals surface area contributed by atoms with Gasteiger partial charge in [-0.25, -0.2) is 0 Å². The fraction of sp³-hybridized carbons (Fsp3) is 0.231. The maximum atomic E-state index is 10.1. The first kappa shape index (κ1) is 13.8. The van der Waals surface area contributed by atoms with E-state index in [0.29, 0.717) is 22.2 Å². The van der Waals surface area contributed by atoms with Gasteiger partial charge in [0.25, 0.3) is 0 Å². The molecule has 0 aliphatic rings. The maximum absolute atomic E-state index is 10.1. The molecule has 5 heteroatoms. The fourth-order valence-corrected chi connectivity index (χ4v) is 2.72. The SMILES string of the molecule is OC(CNCc1cccs1)c1cc(Cl)ccc1Cl. The Morgan fingerprint density at radius 2 is 2.11 bits per heavy atom. The Morgan fingerprint density at radius 3 is 2.83 bits per heavy atom. The van der Waals surface area contributed by atoms with Gasteiger partial charge in [0, 0.05) is 33.6 Å². The van der Waals surface area contributed by atoms with Crippen LogP contribution in [0, 0.1) is 0 Å². The number of hydrogen-bond acceptors (Lipinski definition) is 3. The van der Waals surface area contributed by atoms with Crippen molar-refractivity contribution in [3.8, 4) is 0 Å². The number of thiophene rings is 1. The summed E-state index contributed by atoms with van der Waals surface area (Å²) in [7, 11) is 0. The Kier molecular flexibility index (Phi) is 5.03. The summed E-state index contributed by atoms with van der Waals surface area (Å²) in [6.45, 7) is 1.19. The molecule has 0 spiro atoms. The van der Waals surface area contributed by atoms with Gasteiger partial charge in [0.05, 0.1) is 6.10 Å². The van der Waals surface area contributed by atoms with Crippen LogP contribution in [0.15, 0.2) is 35.7 Å². The van der Waals surface area contributed by atoms with Crippen molar-refractivity contribution in [1.82, 2.24) is 5.32 Å². The molecule has 1 atom stereocenters. The molecule has 0 radical (unpaired) electrons. The number of aliphatic hydroxyl groups excluding tert-OH is 1. The van der Waals surface area contributed by atoms with Gasteiger partial charge in [-0.2, -0.15) is 0 Å². The molecule has 0 fully saturated rings. The summed E-state index contributed by atoms with van der Waals surface area (Å²) in [5, 5.41) is 16.4. The van der Waals surface area contributed by atoms with E-state index in [2.05, 4.69) is 11.4 Å². The smallest absolute Gasteiger partial charge is 0.0929 e. The molecular formula is C13H13Cl2NOS. The summed E-state index contributed by atoms with van der Waals surface area (Å²) in [5.74, 6) is 0. The fourth-order valence-electron chi connectivity index (χ4n) is 1.63. The molecule has 0 bridgehead atoms. The molecule has 2 rings (SSSR count). The normalized spacial score (nSPS) is 12.6. The van der Waals surface area contributed by atoms with Gasteiger partial charge in [-0.05, 0) is 29.6 Å². The highest BCUT2D eigenvalue weighted by Crippen LogP contribution is 2.26. The zero-order valence-corrected chi connectivity index (χ0v) is 11.9. The Morgan fingerprint density at radius 1 is 1.28 bits per heavy atom. The van der Waals surface area contributed by atoms with Crippen molar-refractivity contribution < 1.29 is 5.11 Å². The third-order valence-corrected chi connectivity index (χ3v) is 3.99. The van der Waals surface area contributed by atoms with E-state index in [4.69, 9.17) is 23.2 Å². The van der Waals surface area contributed by atoms with Gasteiger partial charge in [0.1, 0.15) is 0 Å². The molecule has 1 aromatic carbocycles. The Labute approximate surface area is 120 Å². The van der Waals surface area contributed by atoms with E-state index in [-0.39, 0.29) is 0 Å². The Balaban J connectivity index is 1.91. The maximum Gasteiger partial charge on any atom is 0.0929 e. The van der Waals surface area contributed by atoms with Crippen LogP contribution < -0.4 is 5.32 Å². The lowest BCUT2D eigenvalue weighted by atomic mass is 10.1. The third-order valence-electron chi connectivity index (χ3n) is 2.53. The van der Waals surface area contributed by atoms with E-state index in [1.807, 2.05) is 11.4 Å². The molecule has 2 aromatic rings. The molecule has 18 heavy (non-hydrogen) atoms. The van der Waals surface area contributed by atoms with Crippen LogP contribution in [0.4, 0.5) is 0 Å². The topological polar surface area (TPSA) is 32.3 Å². The van der Waals surface area contributed by atoms with Crippen molar-refractivity contribution in [2.45, 2.75) is 12.6 Å². The minimum Gasteiger partial charge on any atom is -0.387 e. The molecule has 0 saturated heterocycles. The number of halogens is 2. The zero-order valence-electron chi connectivity index (χ0n) is 9.57. The van der Waals surface area contributed by atoms with Gasteiger partial charge in [-0.1, -0.05) is 29.3 Å². The first-order chi connectivity index (χ1) is 8.66. The second-order valence-electron chi connectivity index (χ2n) is 3.89. The molecule has 2 nitrogen and oxygen atoms in total. The van der Waals surface area contributed by atoms with Crippen LogP contribution in [0.2, 0.25) is 10.0 Å². The first-order valence-corrected chi connectivity index (χ1v) is 7.16. The second-order valence-corrected chi connectivity index (χ2v) is 5.77. The lowest BCUT2D eigenvalue weighted by Crippen LogP contribution is -2.20. The van der Waals surface area contributed by atoms with E-state index in [1.54, 1.807) is 29.5 Å². The highest BCUT2D eigenvalue weighted by molar-refractivity contribution is 7.09. The average Bonchev–Trinajstić information content (AvgIpc) is 2.85. The summed E-state index contributed by atoms with van der Waals surface area (Å²) in [6.07, 6.45) is -0.656. The van der Waals surface area contributed by atoms with Gasteiger partial charge >= 0.3 is 0 Å². The molecule has 1 heterocycles. The van der Waals surface area contributed by atoms with Crippen molar-refractivity contribution >= 4 is 34.5 Å². The second kappa shape index (κ2) is 6.55. The third kappa shape index (κ3) is 3.70. The Hall–Kier alpha value is -0.580. The van der Waals surface area contributed by atoms with E-state index < -0.39 is 6.10 Å². The van der Waals surface area contributed by atoms with E-state index in [0.717, 1.165) is 6.54 Å². The molecule has 0 aliphatic carbocycles. The molecular weight excluding hydrogens is 289 g/mol. The van der Waals surface area contributed by atoms with Crippen molar-refractivity contribution in [2.24, 2.45) is 0 Å². The summed E-state index contributed by atoms with van der Waals surface area (Å²) in [4.78, 5) is 1.24. The van der Waals surface area contributed by atoms with Gasteiger partial charge in [-0.3, -0.25) is 0 Å². The predicted molar refractivity (Wildman–Crippen MR) is 77.4 cm³/mol. The van der Waals surface area contributed by atoms with Crippen LogP contribution in [0.5, 0.6) is 0 Å². The largest absolute Gasteiger partial charge is 0.387 e. The number of aliphatic hydroxyl groups is 1. The predicted octanol–water partition coefficient (Wildman–Crippen LogP) is 3.88. The van der Waals surface area contributed by atoms with Crippen LogP contribution in [0.3, 0.4) is 0 Å². The Bertz CT molecular complexity index is 502. The van der Waals surface area contributed by atoms with Crippen LogP contribution in [0.1, 0.15) is 16.5 Å². The number of nitrogens with one attached hydrogen (secondary N) is 1. The van der Waals surface area contributed by atoms with Gasteiger partial charge in [-0.15, -0.1) is 11.3 Å². The van der Waals surface area contributed by atoms with Crippen LogP contribution >= 0.6 is 34.5 Å². The summed E-state index contributed by atoms with van der Waals surface area (Å²) in [6, 6.07) is 9.16. The molecule has 1 aromatic heterocycles. The van der Waals surface area contributed by atoms with Crippen molar-refractivity contribution in [2.75, 3.05) is 6.54 Å². The van der Waals surface area contributed by atoms with E-state index in [9.17, 15) is 5.11 Å². The van der Waals surface area contributed by atoms with Gasteiger partial charge in [0.15, 0.2) is 0 Å². The lowest BCUT2D eigenvalue weighted by Gasteiger charge is -2.13. The molecule has 0 amide bonds. The number of rotatable bonds is 5. The molecule has 0 aliphatic heterocycles. The standard InChI is InChI=1S/C13H13Cl2NOS/c14-9-3-4-12(15)11(6-9)13(17)8-16-7-10-2-1-5-18-10/h1-6,13,16-17H,7-8H2. The number of benzene rings is 1. The summed E-state index contributed by atoms with van der Waals surface area (Å²) in [5.41, 5.74) is 0.655. The molecule has 2 N–H and O–H groups in total.